The van der Waals surface area contributed by atoms with Gasteiger partial charge >= 0.3 is 0 Å². The second-order valence-corrected chi connectivity index (χ2v) is 4.41. The van der Waals surface area contributed by atoms with Gasteiger partial charge in [0.05, 0.1) is 0 Å². The van der Waals surface area contributed by atoms with Crippen molar-refractivity contribution in [2.75, 3.05) is 23.9 Å². The van der Waals surface area contributed by atoms with Gasteiger partial charge in [0.1, 0.15) is 17.5 Å². The van der Waals surface area contributed by atoms with E-state index in [0.29, 0.717) is 11.7 Å². The predicted molar refractivity (Wildman–Crippen MR) is 67.3 cm³/mol. The average molecular weight is 223 g/mol. The SMILES string of the molecule is Cc1nc(NN)cc(N(C)CCC(C)C)n1. The lowest BCUT2D eigenvalue weighted by Gasteiger charge is -2.20. The number of aromatic nitrogens is 2. The summed E-state index contributed by atoms with van der Waals surface area (Å²) >= 11 is 0. The van der Waals surface area contributed by atoms with Crippen molar-refractivity contribution in [1.29, 1.82) is 0 Å². The van der Waals surface area contributed by atoms with Crippen molar-refractivity contribution in [3.8, 4) is 0 Å². The molecule has 0 bridgehead atoms. The summed E-state index contributed by atoms with van der Waals surface area (Å²) in [6.07, 6.45) is 1.14. The molecular weight excluding hydrogens is 202 g/mol. The Morgan fingerprint density at radius 1 is 1.44 bits per heavy atom. The van der Waals surface area contributed by atoms with Gasteiger partial charge in [0.25, 0.3) is 0 Å². The minimum absolute atomic E-state index is 0.652. The van der Waals surface area contributed by atoms with Crippen LogP contribution in [0.4, 0.5) is 11.6 Å². The molecule has 16 heavy (non-hydrogen) atoms. The van der Waals surface area contributed by atoms with Crippen LogP contribution in [0.15, 0.2) is 6.07 Å². The molecule has 0 radical (unpaired) electrons. The van der Waals surface area contributed by atoms with Crippen molar-refractivity contribution >= 4 is 11.6 Å². The highest BCUT2D eigenvalue weighted by Crippen LogP contribution is 2.14. The molecule has 1 heterocycles. The van der Waals surface area contributed by atoms with Crippen molar-refractivity contribution < 1.29 is 0 Å². The van der Waals surface area contributed by atoms with Gasteiger partial charge in [-0.2, -0.15) is 0 Å². The fraction of sp³-hybridized carbons (Fsp3) is 0.636. The molecule has 3 N–H and O–H groups in total. The third kappa shape index (κ3) is 3.66. The molecule has 0 saturated heterocycles. The summed E-state index contributed by atoms with van der Waals surface area (Å²) in [5.41, 5.74) is 2.55. The first kappa shape index (κ1) is 12.7. The van der Waals surface area contributed by atoms with Crippen LogP contribution in [0.25, 0.3) is 0 Å². The van der Waals surface area contributed by atoms with Gasteiger partial charge in [-0.15, -0.1) is 0 Å². The van der Waals surface area contributed by atoms with Crippen LogP contribution >= 0.6 is 0 Å². The van der Waals surface area contributed by atoms with Crippen molar-refractivity contribution in [3.63, 3.8) is 0 Å². The standard InChI is InChI=1S/C11H21N5/c1-8(2)5-6-16(4)11-7-10(15-12)13-9(3)14-11/h7-8H,5-6,12H2,1-4H3,(H,13,14,15). The fourth-order valence-corrected chi connectivity index (χ4v) is 1.39. The Bertz CT molecular complexity index is 337. The first-order chi connectivity index (χ1) is 7.52. The summed E-state index contributed by atoms with van der Waals surface area (Å²) in [4.78, 5) is 10.7. The molecule has 0 aliphatic heterocycles. The molecule has 1 aromatic rings. The second-order valence-electron chi connectivity index (χ2n) is 4.41. The quantitative estimate of drug-likeness (QED) is 0.585. The minimum Gasteiger partial charge on any atom is -0.359 e. The van der Waals surface area contributed by atoms with Gasteiger partial charge in [0.2, 0.25) is 0 Å². The minimum atomic E-state index is 0.652. The van der Waals surface area contributed by atoms with Crippen LogP contribution in [0.2, 0.25) is 0 Å². The predicted octanol–water partition coefficient (Wildman–Crippen LogP) is 1.55. The summed E-state index contributed by atoms with van der Waals surface area (Å²) in [5.74, 6) is 8.32. The topological polar surface area (TPSA) is 67.1 Å². The number of hydrogen-bond donors (Lipinski definition) is 2. The Hall–Kier alpha value is -1.36. The van der Waals surface area contributed by atoms with Crippen LogP contribution in [0.3, 0.4) is 0 Å². The number of nitrogens with two attached hydrogens (primary N) is 1. The van der Waals surface area contributed by atoms with Crippen LogP contribution < -0.4 is 16.2 Å². The molecule has 0 fully saturated rings. The Kier molecular flexibility index (Phi) is 4.49. The zero-order chi connectivity index (χ0) is 12.1. The van der Waals surface area contributed by atoms with E-state index in [1.165, 1.54) is 0 Å². The first-order valence-corrected chi connectivity index (χ1v) is 5.56. The van der Waals surface area contributed by atoms with Crippen molar-refractivity contribution in [3.05, 3.63) is 11.9 Å². The van der Waals surface area contributed by atoms with E-state index in [1.807, 2.05) is 20.0 Å². The van der Waals surface area contributed by atoms with E-state index >= 15 is 0 Å². The molecule has 0 aliphatic carbocycles. The molecule has 0 amide bonds. The number of nitrogen functional groups attached to an aromatic ring is 1. The van der Waals surface area contributed by atoms with E-state index in [4.69, 9.17) is 5.84 Å². The lowest BCUT2D eigenvalue weighted by Crippen LogP contribution is -2.22. The lowest BCUT2D eigenvalue weighted by molar-refractivity contribution is 0.583. The maximum Gasteiger partial charge on any atom is 0.145 e. The third-order valence-corrected chi connectivity index (χ3v) is 2.41. The molecule has 0 aliphatic rings. The number of nitrogens with zero attached hydrogens (tertiary/aromatic N) is 3. The van der Waals surface area contributed by atoms with Crippen LogP contribution in [0.1, 0.15) is 26.1 Å². The number of hydrogen-bond acceptors (Lipinski definition) is 5. The summed E-state index contributed by atoms with van der Waals surface area (Å²) in [6.45, 7) is 7.27. The first-order valence-electron chi connectivity index (χ1n) is 5.56. The van der Waals surface area contributed by atoms with Gasteiger partial charge in [0, 0.05) is 19.7 Å². The summed E-state index contributed by atoms with van der Waals surface area (Å²) in [5, 5.41) is 0. The van der Waals surface area contributed by atoms with Gasteiger partial charge < -0.3 is 10.3 Å². The molecule has 1 rings (SSSR count). The average Bonchev–Trinajstić information content (AvgIpc) is 2.24. The highest BCUT2D eigenvalue weighted by Gasteiger charge is 2.06. The molecule has 0 spiro atoms. The van der Waals surface area contributed by atoms with Crippen molar-refractivity contribution in [1.82, 2.24) is 9.97 Å². The van der Waals surface area contributed by atoms with Crippen LogP contribution in [0.5, 0.6) is 0 Å². The normalized spacial score (nSPS) is 10.6. The number of hydrazine groups is 1. The lowest BCUT2D eigenvalue weighted by atomic mass is 10.1. The van der Waals surface area contributed by atoms with Gasteiger partial charge in [-0.3, -0.25) is 0 Å². The maximum atomic E-state index is 5.35. The number of aryl methyl sites for hydroxylation is 1. The van der Waals surface area contributed by atoms with E-state index in [9.17, 15) is 0 Å². The Morgan fingerprint density at radius 3 is 2.69 bits per heavy atom. The van der Waals surface area contributed by atoms with E-state index < -0.39 is 0 Å². The van der Waals surface area contributed by atoms with Crippen LogP contribution in [0, 0.1) is 12.8 Å². The molecule has 0 unspecified atom stereocenters. The second kappa shape index (κ2) is 5.65. The summed E-state index contributed by atoms with van der Waals surface area (Å²) in [6, 6.07) is 1.85. The third-order valence-electron chi connectivity index (χ3n) is 2.41. The largest absolute Gasteiger partial charge is 0.359 e. The fourth-order valence-electron chi connectivity index (χ4n) is 1.39. The van der Waals surface area contributed by atoms with Gasteiger partial charge in [-0.05, 0) is 19.3 Å². The van der Waals surface area contributed by atoms with E-state index in [0.717, 1.165) is 24.6 Å². The molecule has 0 saturated carbocycles. The summed E-state index contributed by atoms with van der Waals surface area (Å²) in [7, 11) is 2.03. The highest BCUT2D eigenvalue weighted by molar-refractivity contribution is 5.48. The Labute approximate surface area is 97.0 Å². The zero-order valence-electron chi connectivity index (χ0n) is 10.5. The molecule has 0 atom stereocenters. The zero-order valence-corrected chi connectivity index (χ0v) is 10.5. The van der Waals surface area contributed by atoms with E-state index in [-0.39, 0.29) is 0 Å². The van der Waals surface area contributed by atoms with E-state index in [2.05, 4.69) is 34.1 Å². The smallest absolute Gasteiger partial charge is 0.145 e. The summed E-state index contributed by atoms with van der Waals surface area (Å²) < 4.78 is 0. The highest BCUT2D eigenvalue weighted by atomic mass is 15.3. The monoisotopic (exact) mass is 223 g/mol. The van der Waals surface area contributed by atoms with Gasteiger partial charge in [-0.25, -0.2) is 15.8 Å². The van der Waals surface area contributed by atoms with Crippen LogP contribution in [-0.4, -0.2) is 23.6 Å². The number of nitrogens with one attached hydrogen (secondary N) is 1. The number of anilines is 2. The van der Waals surface area contributed by atoms with Crippen molar-refractivity contribution in [2.45, 2.75) is 27.2 Å². The van der Waals surface area contributed by atoms with Gasteiger partial charge in [0.15, 0.2) is 0 Å². The Morgan fingerprint density at radius 2 is 2.12 bits per heavy atom. The molecule has 1 aromatic heterocycles. The Balaban J connectivity index is 2.74. The van der Waals surface area contributed by atoms with Crippen LogP contribution in [-0.2, 0) is 0 Å². The molecule has 0 aromatic carbocycles. The number of rotatable bonds is 5. The van der Waals surface area contributed by atoms with Crippen molar-refractivity contribution in [2.24, 2.45) is 11.8 Å². The van der Waals surface area contributed by atoms with E-state index in [1.54, 1.807) is 0 Å². The van der Waals surface area contributed by atoms with Gasteiger partial charge in [-0.1, -0.05) is 13.8 Å². The molecular formula is C11H21N5. The maximum absolute atomic E-state index is 5.35. The molecule has 90 valence electrons. The molecule has 5 heteroatoms. The molecule has 5 nitrogen and oxygen atoms in total.